The van der Waals surface area contributed by atoms with Crippen molar-refractivity contribution in [2.24, 2.45) is 11.8 Å². The predicted molar refractivity (Wildman–Crippen MR) is 83.9 cm³/mol. The summed E-state index contributed by atoms with van der Waals surface area (Å²) in [7, 11) is 0. The molecule has 3 heterocycles. The van der Waals surface area contributed by atoms with Gasteiger partial charge in [-0.1, -0.05) is 6.42 Å². The number of anilines is 2. The van der Waals surface area contributed by atoms with E-state index in [9.17, 15) is 0 Å². The first-order chi connectivity index (χ1) is 10.3. The van der Waals surface area contributed by atoms with Gasteiger partial charge in [-0.25, -0.2) is 0 Å². The molecule has 0 aromatic carbocycles. The highest BCUT2D eigenvalue weighted by atomic mass is 35.5. The summed E-state index contributed by atoms with van der Waals surface area (Å²) >= 11 is 6.15. The first-order valence-electron chi connectivity index (χ1n) is 8.21. The normalized spacial score (nSPS) is 29.0. The first kappa shape index (κ1) is 13.6. The van der Waals surface area contributed by atoms with E-state index in [0.29, 0.717) is 5.28 Å². The third-order valence-electron chi connectivity index (χ3n) is 5.23. The van der Waals surface area contributed by atoms with E-state index in [1.54, 1.807) is 0 Å². The van der Waals surface area contributed by atoms with Crippen LogP contribution in [0.5, 0.6) is 0 Å². The molecule has 1 saturated carbocycles. The molecule has 1 aromatic heterocycles. The number of fused-ring (bicyclic) bond motifs is 1. The van der Waals surface area contributed by atoms with E-state index in [1.807, 2.05) is 0 Å². The molecule has 5 nitrogen and oxygen atoms in total. The Balaban J connectivity index is 1.56. The predicted octanol–water partition coefficient (Wildman–Crippen LogP) is 2.75. The third-order valence-corrected chi connectivity index (χ3v) is 5.40. The van der Waals surface area contributed by atoms with E-state index in [2.05, 4.69) is 19.8 Å². The Labute approximate surface area is 130 Å². The zero-order valence-corrected chi connectivity index (χ0v) is 13.1. The van der Waals surface area contributed by atoms with Gasteiger partial charge in [0.05, 0.1) is 0 Å². The largest absolute Gasteiger partial charge is 0.341 e. The molecular formula is C15H22ClN5. The molecule has 114 valence electrons. The monoisotopic (exact) mass is 307 g/mol. The van der Waals surface area contributed by atoms with Crippen molar-refractivity contribution in [3.8, 4) is 0 Å². The molecule has 0 radical (unpaired) electrons. The Morgan fingerprint density at radius 3 is 2.05 bits per heavy atom. The van der Waals surface area contributed by atoms with E-state index < -0.39 is 0 Å². The van der Waals surface area contributed by atoms with Gasteiger partial charge in [-0.15, -0.1) is 0 Å². The molecule has 1 aliphatic carbocycles. The number of rotatable bonds is 2. The highest BCUT2D eigenvalue weighted by Crippen LogP contribution is 2.39. The van der Waals surface area contributed by atoms with E-state index in [1.165, 1.54) is 38.5 Å². The van der Waals surface area contributed by atoms with Crippen LogP contribution in [0.15, 0.2) is 0 Å². The Bertz CT molecular complexity index is 505. The van der Waals surface area contributed by atoms with Crippen LogP contribution >= 0.6 is 11.6 Å². The minimum absolute atomic E-state index is 0.331. The Kier molecular flexibility index (Phi) is 3.61. The second-order valence-corrected chi connectivity index (χ2v) is 6.95. The van der Waals surface area contributed by atoms with Crippen LogP contribution in [0.25, 0.3) is 0 Å². The van der Waals surface area contributed by atoms with Gasteiger partial charge in [0.25, 0.3) is 0 Å². The van der Waals surface area contributed by atoms with Crippen molar-refractivity contribution in [1.82, 2.24) is 15.0 Å². The molecule has 2 saturated heterocycles. The minimum Gasteiger partial charge on any atom is -0.341 e. The summed E-state index contributed by atoms with van der Waals surface area (Å²) in [5.74, 6) is 3.21. The fraction of sp³-hybridized carbons (Fsp3) is 0.800. The lowest BCUT2D eigenvalue weighted by atomic mass is 10.0. The standard InChI is InChI=1S/C15H22ClN5/c16-13-17-14(20-7-2-1-3-8-20)19-15(18-13)21-9-11-5-4-6-12(11)10-21/h11-12H,1-10H2. The maximum absolute atomic E-state index is 6.15. The van der Waals surface area contributed by atoms with Gasteiger partial charge in [0.1, 0.15) is 0 Å². The zero-order chi connectivity index (χ0) is 14.2. The molecule has 0 bridgehead atoms. The van der Waals surface area contributed by atoms with Crippen LogP contribution in [0.2, 0.25) is 5.28 Å². The zero-order valence-electron chi connectivity index (χ0n) is 12.3. The van der Waals surface area contributed by atoms with Crippen molar-refractivity contribution >= 4 is 23.5 Å². The number of hydrogen-bond donors (Lipinski definition) is 0. The van der Waals surface area contributed by atoms with E-state index in [-0.39, 0.29) is 0 Å². The molecule has 3 aliphatic rings. The Morgan fingerprint density at radius 2 is 1.38 bits per heavy atom. The van der Waals surface area contributed by atoms with Crippen molar-refractivity contribution in [2.45, 2.75) is 38.5 Å². The lowest BCUT2D eigenvalue weighted by Crippen LogP contribution is -2.32. The van der Waals surface area contributed by atoms with E-state index >= 15 is 0 Å². The lowest BCUT2D eigenvalue weighted by Gasteiger charge is -2.27. The minimum atomic E-state index is 0.331. The number of piperidine rings is 1. The van der Waals surface area contributed by atoms with Crippen molar-refractivity contribution in [3.05, 3.63) is 5.28 Å². The van der Waals surface area contributed by atoms with E-state index in [0.717, 1.165) is 49.9 Å². The van der Waals surface area contributed by atoms with Crippen molar-refractivity contribution in [1.29, 1.82) is 0 Å². The summed E-state index contributed by atoms with van der Waals surface area (Å²) in [4.78, 5) is 18.0. The average Bonchev–Trinajstić information content (AvgIpc) is 3.09. The maximum atomic E-state index is 6.15. The summed E-state index contributed by atoms with van der Waals surface area (Å²) < 4.78 is 0. The van der Waals surface area contributed by atoms with Crippen molar-refractivity contribution < 1.29 is 0 Å². The Hall–Kier alpha value is -1.10. The maximum Gasteiger partial charge on any atom is 0.231 e. The third kappa shape index (κ3) is 2.68. The summed E-state index contributed by atoms with van der Waals surface area (Å²) in [6.07, 6.45) is 7.84. The highest BCUT2D eigenvalue weighted by Gasteiger charge is 2.37. The molecule has 0 spiro atoms. The van der Waals surface area contributed by atoms with Crippen LogP contribution in [0.3, 0.4) is 0 Å². The van der Waals surface area contributed by atoms with Gasteiger partial charge in [-0.3, -0.25) is 0 Å². The Morgan fingerprint density at radius 1 is 0.762 bits per heavy atom. The topological polar surface area (TPSA) is 45.2 Å². The highest BCUT2D eigenvalue weighted by molar-refractivity contribution is 6.28. The molecule has 0 N–H and O–H groups in total. The lowest BCUT2D eigenvalue weighted by molar-refractivity contribution is 0.494. The van der Waals surface area contributed by atoms with Crippen LogP contribution in [0.1, 0.15) is 38.5 Å². The molecule has 1 aromatic rings. The molecular weight excluding hydrogens is 286 g/mol. The van der Waals surface area contributed by atoms with Crippen LogP contribution in [-0.2, 0) is 0 Å². The van der Waals surface area contributed by atoms with Gasteiger partial charge in [-0.2, -0.15) is 15.0 Å². The summed E-state index contributed by atoms with van der Waals surface area (Å²) in [5, 5.41) is 0.331. The SMILES string of the molecule is Clc1nc(N2CCCCC2)nc(N2CC3CCCC3C2)n1. The number of nitrogens with zero attached hydrogens (tertiary/aromatic N) is 5. The van der Waals surface area contributed by atoms with Crippen LogP contribution < -0.4 is 9.80 Å². The molecule has 2 aliphatic heterocycles. The van der Waals surface area contributed by atoms with Gasteiger partial charge < -0.3 is 9.80 Å². The quantitative estimate of drug-likeness (QED) is 0.840. The molecule has 3 fully saturated rings. The fourth-order valence-corrected chi connectivity index (χ4v) is 4.26. The van der Waals surface area contributed by atoms with Crippen LogP contribution in [0.4, 0.5) is 11.9 Å². The van der Waals surface area contributed by atoms with Crippen molar-refractivity contribution in [3.63, 3.8) is 0 Å². The molecule has 6 heteroatoms. The molecule has 2 unspecified atom stereocenters. The molecule has 2 atom stereocenters. The van der Waals surface area contributed by atoms with Gasteiger partial charge in [-0.05, 0) is 55.5 Å². The molecule has 4 rings (SSSR count). The van der Waals surface area contributed by atoms with Crippen LogP contribution in [-0.4, -0.2) is 41.1 Å². The van der Waals surface area contributed by atoms with Gasteiger partial charge in [0.15, 0.2) is 0 Å². The average molecular weight is 308 g/mol. The second kappa shape index (κ2) is 5.59. The second-order valence-electron chi connectivity index (χ2n) is 6.61. The number of hydrogen-bond acceptors (Lipinski definition) is 5. The summed E-state index contributed by atoms with van der Waals surface area (Å²) in [6.45, 7) is 4.24. The van der Waals surface area contributed by atoms with Gasteiger partial charge >= 0.3 is 0 Å². The van der Waals surface area contributed by atoms with E-state index in [4.69, 9.17) is 16.6 Å². The van der Waals surface area contributed by atoms with Crippen LogP contribution in [0, 0.1) is 11.8 Å². The van der Waals surface area contributed by atoms with Gasteiger partial charge in [0, 0.05) is 26.2 Å². The smallest absolute Gasteiger partial charge is 0.231 e. The fourth-order valence-electron chi connectivity index (χ4n) is 4.10. The first-order valence-corrected chi connectivity index (χ1v) is 8.59. The van der Waals surface area contributed by atoms with Gasteiger partial charge in [0.2, 0.25) is 17.2 Å². The summed E-state index contributed by atoms with van der Waals surface area (Å²) in [6, 6.07) is 0. The molecule has 0 amide bonds. The number of aromatic nitrogens is 3. The van der Waals surface area contributed by atoms with Crippen molar-refractivity contribution in [2.75, 3.05) is 36.0 Å². The number of halogens is 1. The summed E-state index contributed by atoms with van der Waals surface area (Å²) in [5.41, 5.74) is 0. The molecule has 21 heavy (non-hydrogen) atoms.